The van der Waals surface area contributed by atoms with Gasteiger partial charge in [0.15, 0.2) is 0 Å². The van der Waals surface area contributed by atoms with Crippen LogP contribution in [0.2, 0.25) is 0 Å². The van der Waals surface area contributed by atoms with Gasteiger partial charge in [0.25, 0.3) is 11.8 Å². The number of hydroxylamine groups is 2. The maximum Gasteiger partial charge on any atom is 0.411 e. The molecule has 4 rings (SSSR count). The molecule has 2 aliphatic heterocycles. The van der Waals surface area contributed by atoms with Crippen molar-refractivity contribution in [1.29, 1.82) is 0 Å². The van der Waals surface area contributed by atoms with Crippen LogP contribution >= 0.6 is 0 Å². The molecule has 1 saturated heterocycles. The summed E-state index contributed by atoms with van der Waals surface area (Å²) in [5, 5.41) is 0.521. The zero-order chi connectivity index (χ0) is 22.3. The first-order chi connectivity index (χ1) is 14.7. The molecule has 31 heavy (non-hydrogen) atoms. The minimum Gasteiger partial charge on any atom is -0.444 e. The minimum atomic E-state index is -0.891. The van der Waals surface area contributed by atoms with Crippen LogP contribution in [0.25, 0.3) is 0 Å². The molecule has 3 amide bonds. The van der Waals surface area contributed by atoms with Crippen LogP contribution in [0.1, 0.15) is 73.6 Å². The Morgan fingerprint density at radius 2 is 1.58 bits per heavy atom. The second-order valence-corrected chi connectivity index (χ2v) is 9.48. The monoisotopic (exact) mass is 428 g/mol. The second-order valence-electron chi connectivity index (χ2n) is 9.48. The highest BCUT2D eigenvalue weighted by atomic mass is 16.7. The Bertz CT molecular complexity index is 886. The molecule has 1 aromatic rings. The molecule has 0 bridgehead atoms. The number of likely N-dealkylation sites (tertiary alicyclic amines) is 1. The SMILES string of the molecule is CC(C)(C)OC(=O)N1CCC2CCCCC2C1C(=O)ON1C(=O)c2ccccc2C1=O. The van der Waals surface area contributed by atoms with Gasteiger partial charge in [-0.2, -0.15) is 0 Å². The summed E-state index contributed by atoms with van der Waals surface area (Å²) < 4.78 is 5.53. The van der Waals surface area contributed by atoms with E-state index in [4.69, 9.17) is 9.57 Å². The highest BCUT2D eigenvalue weighted by Crippen LogP contribution is 2.41. The lowest BCUT2D eigenvalue weighted by atomic mass is 9.71. The first-order valence-electron chi connectivity index (χ1n) is 10.9. The van der Waals surface area contributed by atoms with Crippen molar-refractivity contribution in [3.05, 3.63) is 35.4 Å². The summed E-state index contributed by atoms with van der Waals surface area (Å²) in [6.07, 6.45) is 4.03. The first-order valence-corrected chi connectivity index (χ1v) is 10.9. The quantitative estimate of drug-likeness (QED) is 0.669. The number of imide groups is 1. The van der Waals surface area contributed by atoms with Crippen molar-refractivity contribution in [3.63, 3.8) is 0 Å². The third-order valence-electron chi connectivity index (χ3n) is 6.26. The van der Waals surface area contributed by atoms with Gasteiger partial charge in [0.2, 0.25) is 0 Å². The van der Waals surface area contributed by atoms with E-state index in [2.05, 4.69) is 0 Å². The van der Waals surface area contributed by atoms with E-state index in [0.29, 0.717) is 17.5 Å². The summed E-state index contributed by atoms with van der Waals surface area (Å²) in [5.74, 6) is -1.90. The largest absolute Gasteiger partial charge is 0.444 e. The van der Waals surface area contributed by atoms with Gasteiger partial charge in [0.05, 0.1) is 11.1 Å². The summed E-state index contributed by atoms with van der Waals surface area (Å²) >= 11 is 0. The van der Waals surface area contributed by atoms with Crippen LogP contribution in [0.4, 0.5) is 4.79 Å². The predicted octanol–water partition coefficient (Wildman–Crippen LogP) is 3.56. The number of fused-ring (bicyclic) bond motifs is 2. The fourth-order valence-corrected chi connectivity index (χ4v) is 4.91. The molecule has 0 radical (unpaired) electrons. The predicted molar refractivity (Wildman–Crippen MR) is 110 cm³/mol. The Kier molecular flexibility index (Phi) is 5.49. The molecule has 1 aromatic carbocycles. The fourth-order valence-electron chi connectivity index (χ4n) is 4.91. The summed E-state index contributed by atoms with van der Waals surface area (Å²) in [4.78, 5) is 58.3. The Morgan fingerprint density at radius 1 is 0.968 bits per heavy atom. The van der Waals surface area contributed by atoms with Gasteiger partial charge in [0.1, 0.15) is 11.6 Å². The van der Waals surface area contributed by atoms with Gasteiger partial charge in [-0.15, -0.1) is 0 Å². The van der Waals surface area contributed by atoms with Gasteiger partial charge in [-0.05, 0) is 57.6 Å². The maximum absolute atomic E-state index is 13.3. The van der Waals surface area contributed by atoms with Gasteiger partial charge in [0, 0.05) is 6.54 Å². The van der Waals surface area contributed by atoms with Crippen molar-refractivity contribution < 1.29 is 28.8 Å². The van der Waals surface area contributed by atoms with Gasteiger partial charge in [-0.3, -0.25) is 14.5 Å². The molecule has 2 fully saturated rings. The Morgan fingerprint density at radius 3 is 2.19 bits per heavy atom. The van der Waals surface area contributed by atoms with Crippen LogP contribution in [-0.4, -0.2) is 52.0 Å². The Balaban J connectivity index is 1.58. The number of carbonyl (C=O) groups is 4. The molecular formula is C23H28N2O6. The molecule has 0 N–H and O–H groups in total. The smallest absolute Gasteiger partial charge is 0.411 e. The van der Waals surface area contributed by atoms with Crippen LogP contribution in [-0.2, 0) is 14.4 Å². The second kappa shape index (κ2) is 7.98. The molecule has 1 aliphatic carbocycles. The van der Waals surface area contributed by atoms with Gasteiger partial charge >= 0.3 is 12.1 Å². The summed E-state index contributed by atoms with van der Waals surface area (Å²) in [6.45, 7) is 5.68. The number of carbonyl (C=O) groups excluding carboxylic acids is 4. The number of hydrogen-bond acceptors (Lipinski definition) is 6. The number of ether oxygens (including phenoxy) is 1. The van der Waals surface area contributed by atoms with Crippen molar-refractivity contribution in [1.82, 2.24) is 9.96 Å². The van der Waals surface area contributed by atoms with E-state index in [1.807, 2.05) is 0 Å². The number of hydrogen-bond donors (Lipinski definition) is 0. The number of nitrogens with zero attached hydrogens (tertiary/aromatic N) is 2. The third kappa shape index (κ3) is 4.03. The molecule has 3 aliphatic rings. The molecule has 2 heterocycles. The van der Waals surface area contributed by atoms with E-state index in [1.54, 1.807) is 32.9 Å². The average molecular weight is 428 g/mol. The number of rotatable bonds is 2. The zero-order valence-corrected chi connectivity index (χ0v) is 18.1. The molecule has 0 spiro atoms. The van der Waals surface area contributed by atoms with E-state index < -0.39 is 35.5 Å². The molecule has 8 nitrogen and oxygen atoms in total. The van der Waals surface area contributed by atoms with Gasteiger partial charge in [-0.25, -0.2) is 9.59 Å². The maximum atomic E-state index is 13.3. The third-order valence-corrected chi connectivity index (χ3v) is 6.26. The molecule has 3 unspecified atom stereocenters. The molecule has 8 heteroatoms. The van der Waals surface area contributed by atoms with Crippen LogP contribution in [0.15, 0.2) is 24.3 Å². The normalized spacial score (nSPS) is 25.7. The highest BCUT2D eigenvalue weighted by Gasteiger charge is 2.49. The van der Waals surface area contributed by atoms with Gasteiger partial charge < -0.3 is 9.57 Å². The lowest BCUT2D eigenvalue weighted by Crippen LogP contribution is -2.58. The standard InChI is InChI=1S/C23H28N2O6/c1-23(2,3)30-22(29)24-13-12-14-8-4-5-9-15(14)18(24)21(28)31-25-19(26)16-10-6-7-11-17(16)20(25)27/h6-7,10-11,14-15,18H,4-5,8-9,12-13H2,1-3H3. The van der Waals surface area contributed by atoms with E-state index in [9.17, 15) is 19.2 Å². The Labute approximate surface area is 181 Å². The average Bonchev–Trinajstić information content (AvgIpc) is 2.96. The molecule has 1 saturated carbocycles. The molecule has 166 valence electrons. The number of benzene rings is 1. The van der Waals surface area contributed by atoms with Crippen LogP contribution in [0.3, 0.4) is 0 Å². The molecule has 0 aromatic heterocycles. The minimum absolute atomic E-state index is 0.0855. The van der Waals surface area contributed by atoms with Crippen molar-refractivity contribution in [3.8, 4) is 0 Å². The van der Waals surface area contributed by atoms with Crippen molar-refractivity contribution in [2.75, 3.05) is 6.54 Å². The van der Waals surface area contributed by atoms with Crippen LogP contribution in [0, 0.1) is 11.8 Å². The summed E-state index contributed by atoms with van der Waals surface area (Å²) in [6, 6.07) is 5.45. The van der Waals surface area contributed by atoms with Crippen LogP contribution in [0.5, 0.6) is 0 Å². The van der Waals surface area contributed by atoms with Gasteiger partial charge in [-0.1, -0.05) is 36.5 Å². The lowest BCUT2D eigenvalue weighted by Gasteiger charge is -2.46. The highest BCUT2D eigenvalue weighted by molar-refractivity contribution is 6.20. The molecular weight excluding hydrogens is 400 g/mol. The van der Waals surface area contributed by atoms with E-state index in [1.165, 1.54) is 17.0 Å². The zero-order valence-electron chi connectivity index (χ0n) is 18.1. The topological polar surface area (TPSA) is 93.2 Å². The van der Waals surface area contributed by atoms with Crippen molar-refractivity contribution in [2.24, 2.45) is 11.8 Å². The Hall–Kier alpha value is -2.90. The van der Waals surface area contributed by atoms with Crippen LogP contribution < -0.4 is 0 Å². The fraction of sp³-hybridized carbons (Fsp3) is 0.565. The van der Waals surface area contributed by atoms with E-state index in [-0.39, 0.29) is 17.0 Å². The lowest BCUT2D eigenvalue weighted by molar-refractivity contribution is -0.180. The summed E-state index contributed by atoms with van der Waals surface area (Å²) in [5.41, 5.74) is -0.315. The summed E-state index contributed by atoms with van der Waals surface area (Å²) in [7, 11) is 0. The van der Waals surface area contributed by atoms with E-state index >= 15 is 0 Å². The number of amides is 3. The van der Waals surface area contributed by atoms with E-state index in [0.717, 1.165) is 32.1 Å². The van der Waals surface area contributed by atoms with Crippen molar-refractivity contribution in [2.45, 2.75) is 64.5 Å². The first kappa shape index (κ1) is 21.3. The molecule has 3 atom stereocenters. The van der Waals surface area contributed by atoms with Crippen molar-refractivity contribution >= 4 is 23.9 Å². The number of piperidine rings is 1.